The molecule has 23 heavy (non-hydrogen) atoms. The van der Waals surface area contributed by atoms with Crippen LogP contribution in [-0.2, 0) is 19.9 Å². The summed E-state index contributed by atoms with van der Waals surface area (Å²) in [6, 6.07) is 2.89. The molecule has 1 aromatic carbocycles. The quantitative estimate of drug-likeness (QED) is 0.639. The van der Waals surface area contributed by atoms with Gasteiger partial charge in [-0.15, -0.1) is 0 Å². The standard InChI is InChI=1S/C15H15FN2O5/c1-2-5-22-12(19)11-7-15(13(20)17-14(21)18-15)9-6-8(16)3-4-10(9)23-11/h3-4,6,11H,2,5,7H2,1H3,(H2,17,18,20,21)/t11-,15-/m0/s1. The molecule has 1 fully saturated rings. The highest BCUT2D eigenvalue weighted by atomic mass is 19.1. The molecule has 3 amide bonds. The van der Waals surface area contributed by atoms with Gasteiger partial charge in [0.2, 0.25) is 0 Å². The maximum atomic E-state index is 13.6. The first-order chi connectivity index (χ1) is 11.0. The van der Waals surface area contributed by atoms with Crippen molar-refractivity contribution in [3.05, 3.63) is 29.6 Å². The van der Waals surface area contributed by atoms with E-state index in [-0.39, 0.29) is 24.3 Å². The van der Waals surface area contributed by atoms with Gasteiger partial charge < -0.3 is 14.8 Å². The summed E-state index contributed by atoms with van der Waals surface area (Å²) in [6.07, 6.45) is -0.588. The highest BCUT2D eigenvalue weighted by molar-refractivity contribution is 6.08. The summed E-state index contributed by atoms with van der Waals surface area (Å²) in [5.74, 6) is -1.69. The number of carbonyl (C=O) groups is 3. The van der Waals surface area contributed by atoms with Crippen molar-refractivity contribution in [2.75, 3.05) is 6.61 Å². The summed E-state index contributed by atoms with van der Waals surface area (Å²) in [5.41, 5.74) is -1.36. The fraction of sp³-hybridized carbons (Fsp3) is 0.400. The number of amides is 3. The zero-order valence-corrected chi connectivity index (χ0v) is 12.3. The Morgan fingerprint density at radius 2 is 2.26 bits per heavy atom. The number of imide groups is 1. The Kier molecular flexibility index (Phi) is 3.67. The Labute approximate surface area is 131 Å². The summed E-state index contributed by atoms with van der Waals surface area (Å²) in [7, 11) is 0. The van der Waals surface area contributed by atoms with E-state index in [2.05, 4.69) is 10.6 Å². The first-order valence-electron chi connectivity index (χ1n) is 7.23. The van der Waals surface area contributed by atoms with Crippen molar-refractivity contribution in [1.82, 2.24) is 10.6 Å². The van der Waals surface area contributed by atoms with E-state index in [1.165, 1.54) is 6.07 Å². The molecule has 0 radical (unpaired) electrons. The largest absolute Gasteiger partial charge is 0.478 e. The van der Waals surface area contributed by atoms with Crippen LogP contribution in [0.5, 0.6) is 5.75 Å². The molecule has 1 aromatic rings. The lowest BCUT2D eigenvalue weighted by Crippen LogP contribution is -2.52. The third-order valence-corrected chi connectivity index (χ3v) is 3.82. The van der Waals surface area contributed by atoms with Crippen molar-refractivity contribution in [1.29, 1.82) is 0 Å². The zero-order chi connectivity index (χ0) is 16.6. The normalized spacial score (nSPS) is 25.4. The Bertz CT molecular complexity index is 692. The second-order valence-electron chi connectivity index (χ2n) is 5.43. The van der Waals surface area contributed by atoms with Gasteiger partial charge in [-0.1, -0.05) is 6.92 Å². The Hall–Kier alpha value is -2.64. The van der Waals surface area contributed by atoms with E-state index in [0.717, 1.165) is 12.1 Å². The average molecular weight is 322 g/mol. The molecule has 2 aliphatic rings. The molecule has 7 nitrogen and oxygen atoms in total. The van der Waals surface area contributed by atoms with Gasteiger partial charge in [-0.05, 0) is 24.6 Å². The molecular formula is C15H15FN2O5. The van der Waals surface area contributed by atoms with E-state index in [1.807, 2.05) is 6.92 Å². The molecule has 0 bridgehead atoms. The number of urea groups is 1. The van der Waals surface area contributed by atoms with Crippen LogP contribution >= 0.6 is 0 Å². The number of rotatable bonds is 3. The fourth-order valence-electron chi connectivity index (χ4n) is 2.77. The molecule has 8 heteroatoms. The second kappa shape index (κ2) is 5.53. The van der Waals surface area contributed by atoms with Gasteiger partial charge in [-0.25, -0.2) is 14.0 Å². The van der Waals surface area contributed by atoms with Crippen LogP contribution in [0.15, 0.2) is 18.2 Å². The Morgan fingerprint density at radius 3 is 2.91 bits per heavy atom. The molecule has 0 unspecified atom stereocenters. The van der Waals surface area contributed by atoms with E-state index in [0.29, 0.717) is 6.42 Å². The van der Waals surface area contributed by atoms with Gasteiger partial charge in [-0.3, -0.25) is 10.1 Å². The maximum Gasteiger partial charge on any atom is 0.347 e. The molecule has 3 rings (SSSR count). The van der Waals surface area contributed by atoms with Crippen LogP contribution in [0.3, 0.4) is 0 Å². The number of ether oxygens (including phenoxy) is 2. The van der Waals surface area contributed by atoms with Crippen LogP contribution in [0.4, 0.5) is 9.18 Å². The van der Waals surface area contributed by atoms with Crippen molar-refractivity contribution >= 4 is 17.9 Å². The van der Waals surface area contributed by atoms with Crippen LogP contribution < -0.4 is 15.4 Å². The third kappa shape index (κ3) is 2.49. The zero-order valence-electron chi connectivity index (χ0n) is 12.3. The molecule has 2 N–H and O–H groups in total. The lowest BCUT2D eigenvalue weighted by molar-refractivity contribution is -0.154. The van der Waals surface area contributed by atoms with E-state index in [4.69, 9.17) is 9.47 Å². The summed E-state index contributed by atoms with van der Waals surface area (Å²) < 4.78 is 24.2. The van der Waals surface area contributed by atoms with Crippen LogP contribution in [0.2, 0.25) is 0 Å². The summed E-state index contributed by atoms with van der Waals surface area (Å²) in [5, 5.41) is 4.61. The number of fused-ring (bicyclic) bond motifs is 2. The minimum absolute atomic E-state index is 0.161. The summed E-state index contributed by atoms with van der Waals surface area (Å²) in [4.78, 5) is 36.0. The lowest BCUT2D eigenvalue weighted by atomic mass is 9.81. The number of nitrogens with one attached hydrogen (secondary N) is 2. The number of benzene rings is 1. The first kappa shape index (κ1) is 15.3. The van der Waals surface area contributed by atoms with Gasteiger partial charge in [-0.2, -0.15) is 0 Å². The first-order valence-corrected chi connectivity index (χ1v) is 7.23. The number of carbonyl (C=O) groups excluding carboxylic acids is 3. The summed E-state index contributed by atoms with van der Waals surface area (Å²) >= 11 is 0. The molecule has 2 aliphatic heterocycles. The minimum atomic E-state index is -1.54. The molecule has 2 atom stereocenters. The van der Waals surface area contributed by atoms with Crippen molar-refractivity contribution < 1.29 is 28.2 Å². The van der Waals surface area contributed by atoms with E-state index in [9.17, 15) is 18.8 Å². The number of esters is 1. The van der Waals surface area contributed by atoms with Gasteiger partial charge in [0.15, 0.2) is 11.6 Å². The van der Waals surface area contributed by atoms with Crippen LogP contribution in [0, 0.1) is 5.82 Å². The van der Waals surface area contributed by atoms with Gasteiger partial charge in [0.25, 0.3) is 5.91 Å². The SMILES string of the molecule is CCCOC(=O)[C@@H]1C[C@]2(NC(=O)NC2=O)c2cc(F)ccc2O1. The Balaban J connectivity index is 2.01. The molecule has 1 saturated heterocycles. The molecule has 0 saturated carbocycles. The van der Waals surface area contributed by atoms with Crippen molar-refractivity contribution in [3.8, 4) is 5.75 Å². The predicted molar refractivity (Wildman–Crippen MR) is 75.0 cm³/mol. The Morgan fingerprint density at radius 1 is 1.48 bits per heavy atom. The second-order valence-corrected chi connectivity index (χ2v) is 5.43. The number of hydrogen-bond donors (Lipinski definition) is 2. The van der Waals surface area contributed by atoms with Crippen LogP contribution in [-0.4, -0.2) is 30.6 Å². The summed E-state index contributed by atoms with van der Waals surface area (Å²) in [6.45, 7) is 2.07. The molecule has 2 heterocycles. The minimum Gasteiger partial charge on any atom is -0.478 e. The van der Waals surface area contributed by atoms with E-state index < -0.39 is 35.4 Å². The molecule has 1 spiro atoms. The molecular weight excluding hydrogens is 307 g/mol. The van der Waals surface area contributed by atoms with Crippen molar-refractivity contribution in [2.24, 2.45) is 0 Å². The van der Waals surface area contributed by atoms with E-state index in [1.54, 1.807) is 0 Å². The molecule has 122 valence electrons. The average Bonchev–Trinajstić information content (AvgIpc) is 2.79. The van der Waals surface area contributed by atoms with Crippen LogP contribution in [0.1, 0.15) is 25.3 Å². The van der Waals surface area contributed by atoms with Gasteiger partial charge in [0.1, 0.15) is 11.6 Å². The molecule has 0 aromatic heterocycles. The monoisotopic (exact) mass is 322 g/mol. The van der Waals surface area contributed by atoms with E-state index >= 15 is 0 Å². The predicted octanol–water partition coefficient (Wildman–Crippen LogP) is 0.965. The number of hydrogen-bond acceptors (Lipinski definition) is 5. The van der Waals surface area contributed by atoms with Crippen molar-refractivity contribution in [3.63, 3.8) is 0 Å². The highest BCUT2D eigenvalue weighted by Gasteiger charge is 2.55. The highest BCUT2D eigenvalue weighted by Crippen LogP contribution is 2.41. The fourth-order valence-corrected chi connectivity index (χ4v) is 2.77. The van der Waals surface area contributed by atoms with Gasteiger partial charge in [0.05, 0.1) is 6.61 Å². The molecule has 0 aliphatic carbocycles. The number of halogens is 1. The maximum absolute atomic E-state index is 13.6. The third-order valence-electron chi connectivity index (χ3n) is 3.82. The lowest BCUT2D eigenvalue weighted by Gasteiger charge is -2.36. The van der Waals surface area contributed by atoms with Gasteiger partial charge in [0, 0.05) is 12.0 Å². The smallest absolute Gasteiger partial charge is 0.347 e. The van der Waals surface area contributed by atoms with Crippen molar-refractivity contribution in [2.45, 2.75) is 31.4 Å². The van der Waals surface area contributed by atoms with Gasteiger partial charge >= 0.3 is 12.0 Å². The topological polar surface area (TPSA) is 93.7 Å². The van der Waals surface area contributed by atoms with Crippen LogP contribution in [0.25, 0.3) is 0 Å².